The van der Waals surface area contributed by atoms with Crippen LogP contribution in [0, 0.1) is 0 Å². The molecular formula is C12H14BrNO3. The fourth-order valence-electron chi connectivity index (χ4n) is 1.98. The first-order chi connectivity index (χ1) is 8.09. The van der Waals surface area contributed by atoms with Gasteiger partial charge in [-0.05, 0) is 41.4 Å². The van der Waals surface area contributed by atoms with Crippen LogP contribution in [0.5, 0.6) is 0 Å². The second-order valence-electron chi connectivity index (χ2n) is 4.08. The summed E-state index contributed by atoms with van der Waals surface area (Å²) in [6.07, 6.45) is 1.00. The number of benzene rings is 1. The zero-order valence-electron chi connectivity index (χ0n) is 9.44. The van der Waals surface area contributed by atoms with E-state index in [0.717, 1.165) is 13.0 Å². The molecule has 1 aromatic carbocycles. The second kappa shape index (κ2) is 5.06. The first-order valence-electron chi connectivity index (χ1n) is 5.49. The van der Waals surface area contributed by atoms with Gasteiger partial charge >= 0.3 is 5.97 Å². The topological polar surface area (TPSA) is 58.6 Å². The van der Waals surface area contributed by atoms with Crippen LogP contribution < -0.4 is 5.32 Å². The van der Waals surface area contributed by atoms with Crippen LogP contribution in [0.2, 0.25) is 0 Å². The molecule has 2 N–H and O–H groups in total. The van der Waals surface area contributed by atoms with Gasteiger partial charge in [-0.1, -0.05) is 6.07 Å². The second-order valence-corrected chi connectivity index (χ2v) is 4.94. The number of carboxylic acids is 1. The molecule has 1 fully saturated rings. The Hall–Kier alpha value is -1.07. The van der Waals surface area contributed by atoms with Crippen molar-refractivity contribution in [1.29, 1.82) is 0 Å². The molecule has 5 heteroatoms. The molecule has 0 aromatic heterocycles. The van der Waals surface area contributed by atoms with E-state index in [-0.39, 0.29) is 17.7 Å². The van der Waals surface area contributed by atoms with E-state index < -0.39 is 5.97 Å². The van der Waals surface area contributed by atoms with Gasteiger partial charge in [0.15, 0.2) is 0 Å². The number of aromatic carboxylic acids is 1. The minimum atomic E-state index is -0.938. The fraction of sp³-hybridized carbons (Fsp3) is 0.417. The van der Waals surface area contributed by atoms with Crippen molar-refractivity contribution in [2.75, 3.05) is 11.9 Å². The standard InChI is InChI=1S/C12H14BrNO3/c1-7-9(5-6-17-7)14-10-4-2-3-8(13)11(10)12(15)16/h2-4,7,9,14H,5-6H2,1H3,(H,15,16). The highest BCUT2D eigenvalue weighted by Gasteiger charge is 2.25. The number of halogens is 1. The van der Waals surface area contributed by atoms with Crippen molar-refractivity contribution in [3.63, 3.8) is 0 Å². The van der Waals surface area contributed by atoms with Crippen molar-refractivity contribution in [1.82, 2.24) is 0 Å². The Morgan fingerprint density at radius 2 is 2.35 bits per heavy atom. The van der Waals surface area contributed by atoms with E-state index in [1.807, 2.05) is 13.0 Å². The number of carboxylic acid groups (broad SMARTS) is 1. The minimum Gasteiger partial charge on any atom is -0.478 e. The molecule has 2 atom stereocenters. The summed E-state index contributed by atoms with van der Waals surface area (Å²) in [5.74, 6) is -0.938. The summed E-state index contributed by atoms with van der Waals surface area (Å²) in [4.78, 5) is 11.2. The number of nitrogens with one attached hydrogen (secondary N) is 1. The van der Waals surface area contributed by atoms with Gasteiger partial charge in [-0.2, -0.15) is 0 Å². The summed E-state index contributed by atoms with van der Waals surface area (Å²) in [6.45, 7) is 2.71. The van der Waals surface area contributed by atoms with Crippen LogP contribution in [0.1, 0.15) is 23.7 Å². The van der Waals surface area contributed by atoms with Gasteiger partial charge in [0.25, 0.3) is 0 Å². The van der Waals surface area contributed by atoms with Crippen molar-refractivity contribution in [2.45, 2.75) is 25.5 Å². The van der Waals surface area contributed by atoms with E-state index in [9.17, 15) is 9.90 Å². The molecule has 1 heterocycles. The third-order valence-corrected chi connectivity index (χ3v) is 3.61. The molecule has 92 valence electrons. The molecule has 17 heavy (non-hydrogen) atoms. The molecule has 0 radical (unpaired) electrons. The van der Waals surface area contributed by atoms with Gasteiger partial charge in [0.2, 0.25) is 0 Å². The molecule has 2 rings (SSSR count). The average Bonchev–Trinajstić information content (AvgIpc) is 2.64. The summed E-state index contributed by atoms with van der Waals surface area (Å²) in [5.41, 5.74) is 0.904. The molecule has 1 aliphatic rings. The third kappa shape index (κ3) is 2.61. The molecule has 2 unspecified atom stereocenters. The highest BCUT2D eigenvalue weighted by atomic mass is 79.9. The Kier molecular flexibility index (Phi) is 3.69. The normalized spacial score (nSPS) is 23.6. The number of ether oxygens (including phenoxy) is 1. The third-order valence-electron chi connectivity index (χ3n) is 2.94. The predicted molar refractivity (Wildman–Crippen MR) is 68.5 cm³/mol. The molecule has 0 amide bonds. The maximum Gasteiger partial charge on any atom is 0.338 e. The summed E-state index contributed by atoms with van der Waals surface area (Å²) in [7, 11) is 0. The van der Waals surface area contributed by atoms with Gasteiger partial charge in [-0.25, -0.2) is 4.79 Å². The molecule has 1 aromatic rings. The largest absolute Gasteiger partial charge is 0.478 e. The van der Waals surface area contributed by atoms with Crippen LogP contribution in [-0.4, -0.2) is 29.8 Å². The smallest absolute Gasteiger partial charge is 0.338 e. The van der Waals surface area contributed by atoms with Crippen LogP contribution in [0.3, 0.4) is 0 Å². The molecule has 0 bridgehead atoms. The number of rotatable bonds is 3. The van der Waals surface area contributed by atoms with E-state index in [4.69, 9.17) is 4.74 Å². The predicted octanol–water partition coefficient (Wildman–Crippen LogP) is 2.74. The fourth-order valence-corrected chi connectivity index (χ4v) is 2.52. The van der Waals surface area contributed by atoms with Crippen molar-refractivity contribution < 1.29 is 14.6 Å². The maximum absolute atomic E-state index is 11.2. The van der Waals surface area contributed by atoms with Gasteiger partial charge in [-0.3, -0.25) is 0 Å². The summed E-state index contributed by atoms with van der Waals surface area (Å²) < 4.78 is 6.03. The molecule has 0 aliphatic carbocycles. The van der Waals surface area contributed by atoms with Crippen molar-refractivity contribution in [3.05, 3.63) is 28.2 Å². The van der Waals surface area contributed by atoms with E-state index in [1.54, 1.807) is 12.1 Å². The van der Waals surface area contributed by atoms with Crippen LogP contribution in [0.25, 0.3) is 0 Å². The molecule has 1 saturated heterocycles. The summed E-state index contributed by atoms with van der Waals surface area (Å²) in [6, 6.07) is 5.49. The zero-order chi connectivity index (χ0) is 12.4. The zero-order valence-corrected chi connectivity index (χ0v) is 11.0. The highest BCUT2D eigenvalue weighted by molar-refractivity contribution is 9.10. The lowest BCUT2D eigenvalue weighted by atomic mass is 10.1. The lowest BCUT2D eigenvalue weighted by Crippen LogP contribution is -2.27. The van der Waals surface area contributed by atoms with E-state index >= 15 is 0 Å². The van der Waals surface area contributed by atoms with E-state index in [1.165, 1.54) is 0 Å². The van der Waals surface area contributed by atoms with E-state index in [0.29, 0.717) is 10.2 Å². The van der Waals surface area contributed by atoms with Crippen molar-refractivity contribution >= 4 is 27.6 Å². The van der Waals surface area contributed by atoms with Crippen LogP contribution >= 0.6 is 15.9 Å². The van der Waals surface area contributed by atoms with Crippen LogP contribution in [-0.2, 0) is 4.74 Å². The molecule has 1 aliphatic heterocycles. The number of hydrogen-bond donors (Lipinski definition) is 2. The number of hydrogen-bond acceptors (Lipinski definition) is 3. The summed E-state index contributed by atoms with van der Waals surface area (Å²) in [5, 5.41) is 12.4. The Bertz CT molecular complexity index is 436. The first kappa shape index (κ1) is 12.4. The SMILES string of the molecule is CC1OCCC1Nc1cccc(Br)c1C(=O)O. The van der Waals surface area contributed by atoms with Crippen molar-refractivity contribution in [3.8, 4) is 0 Å². The Morgan fingerprint density at radius 3 is 2.94 bits per heavy atom. The van der Waals surface area contributed by atoms with Crippen LogP contribution in [0.4, 0.5) is 5.69 Å². The van der Waals surface area contributed by atoms with Gasteiger partial charge in [0.1, 0.15) is 0 Å². The average molecular weight is 300 g/mol. The minimum absolute atomic E-state index is 0.107. The molecule has 0 spiro atoms. The van der Waals surface area contributed by atoms with Gasteiger partial charge in [0, 0.05) is 11.1 Å². The highest BCUT2D eigenvalue weighted by Crippen LogP contribution is 2.27. The Balaban J connectivity index is 2.26. The number of anilines is 1. The van der Waals surface area contributed by atoms with Gasteiger partial charge in [-0.15, -0.1) is 0 Å². The molecular weight excluding hydrogens is 286 g/mol. The van der Waals surface area contributed by atoms with Gasteiger partial charge in [0.05, 0.1) is 23.4 Å². The Morgan fingerprint density at radius 1 is 1.59 bits per heavy atom. The molecule has 4 nitrogen and oxygen atoms in total. The molecule has 0 saturated carbocycles. The van der Waals surface area contributed by atoms with Gasteiger partial charge < -0.3 is 15.2 Å². The first-order valence-corrected chi connectivity index (χ1v) is 6.29. The monoisotopic (exact) mass is 299 g/mol. The summed E-state index contributed by atoms with van der Waals surface area (Å²) >= 11 is 3.26. The van der Waals surface area contributed by atoms with Crippen LogP contribution in [0.15, 0.2) is 22.7 Å². The lowest BCUT2D eigenvalue weighted by molar-refractivity contribution is 0.0696. The lowest BCUT2D eigenvalue weighted by Gasteiger charge is -2.19. The quantitative estimate of drug-likeness (QED) is 0.901. The van der Waals surface area contributed by atoms with Crippen molar-refractivity contribution in [2.24, 2.45) is 0 Å². The van der Waals surface area contributed by atoms with E-state index in [2.05, 4.69) is 21.2 Å². The number of carbonyl (C=O) groups is 1. The maximum atomic E-state index is 11.2. The Labute approximate surface area is 108 Å².